The molecule has 1 atom stereocenters. The van der Waals surface area contributed by atoms with Gasteiger partial charge in [0.15, 0.2) is 11.6 Å². The predicted octanol–water partition coefficient (Wildman–Crippen LogP) is 2.28. The first-order valence-electron chi connectivity index (χ1n) is 8.03. The summed E-state index contributed by atoms with van der Waals surface area (Å²) in [6.07, 6.45) is 0.623. The zero-order chi connectivity index (χ0) is 18.3. The average Bonchev–Trinajstić information content (AvgIpc) is 2.54. The highest BCUT2D eigenvalue weighted by Gasteiger charge is 2.36. The highest BCUT2D eigenvalue weighted by molar-refractivity contribution is 6.30. The van der Waals surface area contributed by atoms with Gasteiger partial charge in [0.2, 0.25) is 0 Å². The summed E-state index contributed by atoms with van der Waals surface area (Å²) in [6, 6.07) is 4.79. The van der Waals surface area contributed by atoms with Gasteiger partial charge < -0.3 is 20.4 Å². The van der Waals surface area contributed by atoms with Gasteiger partial charge in [0.1, 0.15) is 17.2 Å². The van der Waals surface area contributed by atoms with Gasteiger partial charge in [-0.3, -0.25) is 9.59 Å². The number of carbonyl (C=O) groups is 2. The van der Waals surface area contributed by atoms with E-state index in [2.05, 4.69) is 0 Å². The second-order valence-electron chi connectivity index (χ2n) is 6.19. The number of ketones is 2. The van der Waals surface area contributed by atoms with Crippen LogP contribution in [0.25, 0.3) is 0 Å². The lowest BCUT2D eigenvalue weighted by Crippen LogP contribution is -2.24. The number of benzene rings is 2. The average molecular weight is 342 g/mol. The Morgan fingerprint density at radius 1 is 0.920 bits per heavy atom. The summed E-state index contributed by atoms with van der Waals surface area (Å²) in [5, 5.41) is 40.0. The van der Waals surface area contributed by atoms with E-state index in [-0.39, 0.29) is 34.4 Å². The Morgan fingerprint density at radius 2 is 1.52 bits per heavy atom. The van der Waals surface area contributed by atoms with Gasteiger partial charge in [0.05, 0.1) is 17.2 Å². The third-order valence-corrected chi connectivity index (χ3v) is 4.37. The first-order chi connectivity index (χ1) is 11.8. The molecule has 6 nitrogen and oxygen atoms in total. The molecule has 6 heteroatoms. The Hall–Kier alpha value is -2.86. The van der Waals surface area contributed by atoms with Gasteiger partial charge in [0.25, 0.3) is 0 Å². The van der Waals surface area contributed by atoms with Gasteiger partial charge in [-0.1, -0.05) is 13.3 Å². The molecule has 25 heavy (non-hydrogen) atoms. The van der Waals surface area contributed by atoms with Crippen LogP contribution in [-0.2, 0) is 6.42 Å². The maximum atomic E-state index is 12.9. The van der Waals surface area contributed by atoms with Crippen LogP contribution in [0.2, 0.25) is 0 Å². The van der Waals surface area contributed by atoms with E-state index in [1.165, 1.54) is 6.07 Å². The minimum atomic E-state index is -0.724. The molecular weight excluding hydrogens is 324 g/mol. The van der Waals surface area contributed by atoms with E-state index in [0.29, 0.717) is 12.0 Å². The van der Waals surface area contributed by atoms with Gasteiger partial charge >= 0.3 is 0 Å². The monoisotopic (exact) mass is 342 g/mol. The lowest BCUT2D eigenvalue weighted by atomic mass is 9.79. The Balaban J connectivity index is 2.22. The molecule has 3 rings (SSSR count). The van der Waals surface area contributed by atoms with Crippen molar-refractivity contribution < 1.29 is 30.0 Å². The summed E-state index contributed by atoms with van der Waals surface area (Å²) in [7, 11) is 0. The summed E-state index contributed by atoms with van der Waals surface area (Å²) in [4.78, 5) is 25.7. The van der Waals surface area contributed by atoms with Gasteiger partial charge in [-0.15, -0.1) is 0 Å². The smallest absolute Gasteiger partial charge is 0.198 e. The van der Waals surface area contributed by atoms with Crippen LogP contribution < -0.4 is 0 Å². The van der Waals surface area contributed by atoms with Crippen LogP contribution >= 0.6 is 0 Å². The number of aliphatic hydroxyl groups excluding tert-OH is 1. The van der Waals surface area contributed by atoms with E-state index in [1.807, 2.05) is 6.92 Å². The van der Waals surface area contributed by atoms with Gasteiger partial charge in [-0.2, -0.15) is 0 Å². The molecule has 1 aliphatic carbocycles. The molecule has 130 valence electrons. The van der Waals surface area contributed by atoms with Crippen molar-refractivity contribution in [2.24, 2.45) is 0 Å². The van der Waals surface area contributed by atoms with E-state index in [1.54, 1.807) is 0 Å². The maximum Gasteiger partial charge on any atom is 0.198 e. The van der Waals surface area contributed by atoms with E-state index in [4.69, 9.17) is 0 Å². The van der Waals surface area contributed by atoms with Crippen LogP contribution in [0.5, 0.6) is 17.2 Å². The van der Waals surface area contributed by atoms with Crippen LogP contribution in [0.3, 0.4) is 0 Å². The Kier molecular flexibility index (Phi) is 4.22. The van der Waals surface area contributed by atoms with Crippen LogP contribution in [-0.4, -0.2) is 38.1 Å². The van der Waals surface area contributed by atoms with Crippen molar-refractivity contribution in [3.05, 3.63) is 52.1 Å². The summed E-state index contributed by atoms with van der Waals surface area (Å²) >= 11 is 0. The maximum absolute atomic E-state index is 12.9. The lowest BCUT2D eigenvalue weighted by molar-refractivity contribution is 0.0971. The van der Waals surface area contributed by atoms with Crippen LogP contribution in [0.1, 0.15) is 57.2 Å². The summed E-state index contributed by atoms with van der Waals surface area (Å²) in [5.41, 5.74) is -0.191. The highest BCUT2D eigenvalue weighted by Crippen LogP contribution is 2.40. The summed E-state index contributed by atoms with van der Waals surface area (Å²) < 4.78 is 0. The predicted molar refractivity (Wildman–Crippen MR) is 89.4 cm³/mol. The summed E-state index contributed by atoms with van der Waals surface area (Å²) in [6.45, 7) is 1.91. The lowest BCUT2D eigenvalue weighted by Gasteiger charge is -2.23. The molecular formula is C19H18O6. The molecule has 0 saturated heterocycles. The molecule has 0 amide bonds. The van der Waals surface area contributed by atoms with Crippen LogP contribution in [0.15, 0.2) is 24.3 Å². The summed E-state index contributed by atoms with van der Waals surface area (Å²) in [5.74, 6) is -2.28. The Bertz CT molecular complexity index is 884. The minimum Gasteiger partial charge on any atom is -0.508 e. The van der Waals surface area contributed by atoms with Crippen molar-refractivity contribution in [1.82, 2.24) is 0 Å². The number of phenolic OH excluding ortho intramolecular Hbond substituents is 3. The first kappa shape index (κ1) is 17.0. The number of carbonyl (C=O) groups excluding carboxylic acids is 2. The number of rotatable bonds is 4. The van der Waals surface area contributed by atoms with Crippen molar-refractivity contribution in [2.75, 3.05) is 0 Å². The molecule has 0 bridgehead atoms. The number of hydrogen-bond acceptors (Lipinski definition) is 6. The Morgan fingerprint density at radius 3 is 2.12 bits per heavy atom. The number of fused-ring (bicyclic) bond motifs is 2. The number of hydrogen-bond donors (Lipinski definition) is 4. The van der Waals surface area contributed by atoms with Crippen molar-refractivity contribution in [1.29, 1.82) is 0 Å². The highest BCUT2D eigenvalue weighted by atomic mass is 16.3. The molecule has 0 aliphatic heterocycles. The largest absolute Gasteiger partial charge is 0.508 e. The molecule has 4 N–H and O–H groups in total. The molecule has 0 fully saturated rings. The molecule has 2 aromatic rings. The van der Waals surface area contributed by atoms with Gasteiger partial charge in [0, 0.05) is 11.1 Å². The standard InChI is InChI=1S/C19H18O6/c1-2-3-10(20)6-9-7-11(21)8-12-15(9)19(25)17-14(23)5-4-13(22)16(17)18(12)24/h4-5,7-8,10,20-23H,2-3,6H2,1H3/t10-/m1/s1. The van der Waals surface area contributed by atoms with Crippen molar-refractivity contribution >= 4 is 11.6 Å². The fourth-order valence-electron chi connectivity index (χ4n) is 3.28. The zero-order valence-electron chi connectivity index (χ0n) is 13.6. The third-order valence-electron chi connectivity index (χ3n) is 4.37. The van der Waals surface area contributed by atoms with Crippen LogP contribution in [0, 0.1) is 0 Å². The molecule has 0 heterocycles. The normalized spacial score (nSPS) is 14.2. The molecule has 0 spiro atoms. The molecule has 2 aromatic carbocycles. The number of aliphatic hydroxyl groups is 1. The minimum absolute atomic E-state index is 0.0444. The van der Waals surface area contributed by atoms with Gasteiger partial charge in [-0.25, -0.2) is 0 Å². The van der Waals surface area contributed by atoms with E-state index in [9.17, 15) is 30.0 Å². The Labute approximate surface area is 144 Å². The van der Waals surface area contributed by atoms with E-state index in [0.717, 1.165) is 24.6 Å². The molecule has 0 radical (unpaired) electrons. The van der Waals surface area contributed by atoms with Crippen molar-refractivity contribution in [2.45, 2.75) is 32.3 Å². The van der Waals surface area contributed by atoms with E-state index < -0.39 is 29.2 Å². The number of phenols is 3. The van der Waals surface area contributed by atoms with Crippen LogP contribution in [0.4, 0.5) is 0 Å². The quantitative estimate of drug-likeness (QED) is 0.541. The second kappa shape index (κ2) is 6.22. The fourth-order valence-corrected chi connectivity index (χ4v) is 3.28. The molecule has 0 saturated carbocycles. The van der Waals surface area contributed by atoms with Gasteiger partial charge in [-0.05, 0) is 42.7 Å². The molecule has 0 unspecified atom stereocenters. The van der Waals surface area contributed by atoms with Crippen molar-refractivity contribution in [3.63, 3.8) is 0 Å². The molecule has 1 aliphatic rings. The SMILES string of the molecule is CCC[C@@H](O)Cc1cc(O)cc2c1C(=O)c1c(O)ccc(O)c1C2=O. The topological polar surface area (TPSA) is 115 Å². The second-order valence-corrected chi connectivity index (χ2v) is 6.19. The first-order valence-corrected chi connectivity index (χ1v) is 8.03. The zero-order valence-corrected chi connectivity index (χ0v) is 13.6. The molecule has 0 aromatic heterocycles. The fraction of sp³-hybridized carbons (Fsp3) is 0.263. The van der Waals surface area contributed by atoms with Crippen molar-refractivity contribution in [3.8, 4) is 17.2 Å². The third kappa shape index (κ3) is 2.74. The number of aromatic hydroxyl groups is 3. The van der Waals surface area contributed by atoms with E-state index >= 15 is 0 Å².